The number of ether oxygens (including phenoxy) is 2. The number of nitrogens with one attached hydrogen (secondary N) is 1. The second-order valence-electron chi connectivity index (χ2n) is 10.3. The van der Waals surface area contributed by atoms with Crippen molar-refractivity contribution < 1.29 is 27.5 Å². The van der Waals surface area contributed by atoms with E-state index in [9.17, 15) is 18.0 Å². The summed E-state index contributed by atoms with van der Waals surface area (Å²) < 4.78 is 37.1. The van der Waals surface area contributed by atoms with Crippen molar-refractivity contribution in [2.75, 3.05) is 31.3 Å². The predicted octanol–water partition coefficient (Wildman–Crippen LogP) is 4.51. The molecule has 1 fully saturated rings. The van der Waals surface area contributed by atoms with Gasteiger partial charge in [0.15, 0.2) is 0 Å². The van der Waals surface area contributed by atoms with Gasteiger partial charge in [-0.3, -0.25) is 13.9 Å². The van der Waals surface area contributed by atoms with Crippen molar-refractivity contribution in [2.45, 2.75) is 76.9 Å². The zero-order chi connectivity index (χ0) is 29.1. The standard InChI is InChI=1S/C30H43N3O6S/c1-5-28(30(35)31-24-13-7-6-8-14-24)32(22-23-12-9-16-26(20-23)38-2)29(34)18-11-19-33(40(4,36)37)25-15-10-17-27(21-25)39-3/h9-10,12,15-17,20-21,24,28H,5-8,11,13-14,18-19,22H2,1-4H3,(H,31,35)/t28-/m1/s1. The Labute approximate surface area is 238 Å². The first-order chi connectivity index (χ1) is 19.2. The molecular weight excluding hydrogens is 530 g/mol. The molecule has 1 aliphatic rings. The van der Waals surface area contributed by atoms with Crippen molar-refractivity contribution in [3.63, 3.8) is 0 Å². The summed E-state index contributed by atoms with van der Waals surface area (Å²) in [4.78, 5) is 28.8. The zero-order valence-corrected chi connectivity index (χ0v) is 24.9. The van der Waals surface area contributed by atoms with Crippen LogP contribution in [0.3, 0.4) is 0 Å². The van der Waals surface area contributed by atoms with Crippen LogP contribution in [0.4, 0.5) is 5.69 Å². The molecule has 3 rings (SSSR count). The van der Waals surface area contributed by atoms with Gasteiger partial charge in [0.25, 0.3) is 0 Å². The number of carbonyl (C=O) groups excluding carboxylic acids is 2. The van der Waals surface area contributed by atoms with Crippen LogP contribution in [-0.2, 0) is 26.2 Å². The summed E-state index contributed by atoms with van der Waals surface area (Å²) in [6.07, 6.45) is 7.28. The van der Waals surface area contributed by atoms with Crippen molar-refractivity contribution >= 4 is 27.5 Å². The lowest BCUT2D eigenvalue weighted by molar-refractivity contribution is -0.141. The molecule has 2 aromatic carbocycles. The molecule has 0 aliphatic heterocycles. The van der Waals surface area contributed by atoms with Crippen LogP contribution >= 0.6 is 0 Å². The van der Waals surface area contributed by atoms with E-state index in [0.29, 0.717) is 30.0 Å². The third-order valence-electron chi connectivity index (χ3n) is 7.32. The van der Waals surface area contributed by atoms with Crippen LogP contribution in [0, 0.1) is 0 Å². The van der Waals surface area contributed by atoms with Gasteiger partial charge in [0, 0.05) is 31.6 Å². The summed E-state index contributed by atoms with van der Waals surface area (Å²) >= 11 is 0. The molecule has 10 heteroatoms. The van der Waals surface area contributed by atoms with Crippen LogP contribution in [0.1, 0.15) is 63.9 Å². The first-order valence-corrected chi connectivity index (χ1v) is 15.9. The number of carbonyl (C=O) groups is 2. The maximum atomic E-state index is 13.7. The molecule has 0 spiro atoms. The van der Waals surface area contributed by atoms with Crippen LogP contribution in [0.5, 0.6) is 11.5 Å². The topological polar surface area (TPSA) is 105 Å². The van der Waals surface area contributed by atoms with Gasteiger partial charge in [-0.25, -0.2) is 8.42 Å². The first kappa shape index (κ1) is 31.3. The lowest BCUT2D eigenvalue weighted by Gasteiger charge is -2.33. The average molecular weight is 574 g/mol. The van der Waals surface area contributed by atoms with Gasteiger partial charge in [-0.1, -0.05) is 44.4 Å². The number of anilines is 1. The second kappa shape index (κ2) is 14.9. The Hall–Kier alpha value is -3.27. The van der Waals surface area contributed by atoms with Crippen molar-refractivity contribution in [3.8, 4) is 11.5 Å². The minimum atomic E-state index is -3.59. The zero-order valence-electron chi connectivity index (χ0n) is 24.1. The molecule has 0 aromatic heterocycles. The third kappa shape index (κ3) is 8.87. The number of hydrogen-bond acceptors (Lipinski definition) is 6. The molecule has 220 valence electrons. The highest BCUT2D eigenvalue weighted by atomic mass is 32.2. The van der Waals surface area contributed by atoms with Crippen molar-refractivity contribution in [1.82, 2.24) is 10.2 Å². The Kier molecular flexibility index (Phi) is 11.7. The predicted molar refractivity (Wildman–Crippen MR) is 157 cm³/mol. The fraction of sp³-hybridized carbons (Fsp3) is 0.533. The fourth-order valence-electron chi connectivity index (χ4n) is 5.20. The van der Waals surface area contributed by atoms with Gasteiger partial charge in [0.1, 0.15) is 17.5 Å². The van der Waals surface area contributed by atoms with Gasteiger partial charge in [-0.15, -0.1) is 0 Å². The summed E-state index contributed by atoms with van der Waals surface area (Å²) in [5, 5.41) is 3.18. The minimum absolute atomic E-state index is 0.0904. The molecule has 1 saturated carbocycles. The maximum Gasteiger partial charge on any atom is 0.243 e. The monoisotopic (exact) mass is 573 g/mol. The molecule has 1 aliphatic carbocycles. The molecule has 2 amide bonds. The highest BCUT2D eigenvalue weighted by Gasteiger charge is 2.30. The van der Waals surface area contributed by atoms with E-state index in [1.807, 2.05) is 31.2 Å². The van der Waals surface area contributed by atoms with Gasteiger partial charge in [0.2, 0.25) is 21.8 Å². The number of rotatable bonds is 14. The van der Waals surface area contributed by atoms with Gasteiger partial charge in [-0.05, 0) is 55.5 Å². The van der Waals surface area contributed by atoms with Gasteiger partial charge >= 0.3 is 0 Å². The van der Waals surface area contributed by atoms with Crippen molar-refractivity contribution in [1.29, 1.82) is 0 Å². The van der Waals surface area contributed by atoms with Gasteiger partial charge in [-0.2, -0.15) is 0 Å². The molecule has 1 atom stereocenters. The molecule has 40 heavy (non-hydrogen) atoms. The summed E-state index contributed by atoms with van der Waals surface area (Å²) in [6.45, 7) is 2.28. The summed E-state index contributed by atoms with van der Waals surface area (Å²) in [5.74, 6) is 0.875. The average Bonchev–Trinajstić information content (AvgIpc) is 2.95. The molecule has 2 aromatic rings. The largest absolute Gasteiger partial charge is 0.497 e. The summed E-state index contributed by atoms with van der Waals surface area (Å²) in [7, 11) is -0.484. The van der Waals surface area contributed by atoms with Crippen LogP contribution in [-0.4, -0.2) is 64.2 Å². The van der Waals surface area contributed by atoms with Crippen LogP contribution in [0.15, 0.2) is 48.5 Å². The molecule has 0 unspecified atom stereocenters. The fourth-order valence-corrected chi connectivity index (χ4v) is 6.16. The first-order valence-electron chi connectivity index (χ1n) is 14.0. The number of sulfonamides is 1. The lowest BCUT2D eigenvalue weighted by atomic mass is 9.95. The number of hydrogen-bond donors (Lipinski definition) is 1. The second-order valence-corrected chi connectivity index (χ2v) is 12.2. The lowest BCUT2D eigenvalue weighted by Crippen LogP contribution is -2.51. The Morgan fingerprint density at radius 2 is 1.65 bits per heavy atom. The minimum Gasteiger partial charge on any atom is -0.497 e. The van der Waals surface area contributed by atoms with E-state index >= 15 is 0 Å². The van der Waals surface area contributed by atoms with Crippen molar-refractivity contribution in [3.05, 3.63) is 54.1 Å². The summed E-state index contributed by atoms with van der Waals surface area (Å²) in [5.41, 5.74) is 1.33. The SMILES string of the molecule is CC[C@H](C(=O)NC1CCCCC1)N(Cc1cccc(OC)c1)C(=O)CCCN(c1cccc(OC)c1)S(C)(=O)=O. The number of nitrogens with zero attached hydrogens (tertiary/aromatic N) is 2. The Balaban J connectivity index is 1.78. The van der Waals surface area contributed by atoms with E-state index in [1.165, 1.54) is 17.8 Å². The van der Waals surface area contributed by atoms with Gasteiger partial charge < -0.3 is 19.7 Å². The molecule has 0 bridgehead atoms. The molecule has 1 N–H and O–H groups in total. The normalized spacial score (nSPS) is 14.7. The quantitative estimate of drug-likeness (QED) is 0.357. The van der Waals surface area contributed by atoms with E-state index < -0.39 is 16.1 Å². The van der Waals surface area contributed by atoms with E-state index in [0.717, 1.165) is 37.5 Å². The van der Waals surface area contributed by atoms with E-state index in [1.54, 1.807) is 36.3 Å². The molecule has 0 radical (unpaired) electrons. The third-order valence-corrected chi connectivity index (χ3v) is 8.51. The number of amides is 2. The van der Waals surface area contributed by atoms with Crippen molar-refractivity contribution in [2.24, 2.45) is 0 Å². The number of methoxy groups -OCH3 is 2. The molecule has 0 saturated heterocycles. The Bertz CT molecular complexity index is 1230. The van der Waals surface area contributed by atoms with E-state index in [2.05, 4.69) is 5.32 Å². The van der Waals surface area contributed by atoms with Crippen LogP contribution in [0.25, 0.3) is 0 Å². The number of benzene rings is 2. The van der Waals surface area contributed by atoms with Crippen LogP contribution < -0.4 is 19.1 Å². The molecule has 0 heterocycles. The van der Waals surface area contributed by atoms with E-state index in [-0.39, 0.29) is 37.4 Å². The van der Waals surface area contributed by atoms with Crippen LogP contribution in [0.2, 0.25) is 0 Å². The smallest absolute Gasteiger partial charge is 0.243 e. The van der Waals surface area contributed by atoms with E-state index in [4.69, 9.17) is 9.47 Å². The Morgan fingerprint density at radius 3 is 2.27 bits per heavy atom. The summed E-state index contributed by atoms with van der Waals surface area (Å²) in [6, 6.07) is 13.8. The van der Waals surface area contributed by atoms with Gasteiger partial charge in [0.05, 0.1) is 26.2 Å². The highest BCUT2D eigenvalue weighted by molar-refractivity contribution is 7.92. The molecular formula is C30H43N3O6S. The maximum absolute atomic E-state index is 13.7. The highest BCUT2D eigenvalue weighted by Crippen LogP contribution is 2.25. The Morgan fingerprint density at radius 1 is 1.00 bits per heavy atom. The molecule has 9 nitrogen and oxygen atoms in total.